The van der Waals surface area contributed by atoms with E-state index in [2.05, 4.69) is 73.3 Å². The van der Waals surface area contributed by atoms with Crippen LogP contribution in [0.4, 0.5) is 0 Å². The zero-order valence-electron chi connectivity index (χ0n) is 17.9. The summed E-state index contributed by atoms with van der Waals surface area (Å²) in [7, 11) is 0. The molecule has 1 aromatic heterocycles. The number of benzene rings is 4. The molecule has 33 heavy (non-hydrogen) atoms. The van der Waals surface area contributed by atoms with Crippen LogP contribution < -0.4 is 0 Å². The van der Waals surface area contributed by atoms with Gasteiger partial charge >= 0.3 is 0 Å². The van der Waals surface area contributed by atoms with Gasteiger partial charge in [0.05, 0.1) is 17.4 Å². The highest BCUT2D eigenvalue weighted by Gasteiger charge is 2.09. The summed E-state index contributed by atoms with van der Waals surface area (Å²) in [6.07, 6.45) is 3.02. The number of fused-ring (bicyclic) bond motifs is 3. The van der Waals surface area contributed by atoms with Gasteiger partial charge in [0.25, 0.3) is 0 Å². The number of thiophene rings is 1. The molecule has 5 aromatic rings. The average Bonchev–Trinajstić information content (AvgIpc) is 3.24. The summed E-state index contributed by atoms with van der Waals surface area (Å²) in [5, 5.41) is 20.0. The van der Waals surface area contributed by atoms with E-state index in [-0.39, 0.29) is 0 Å². The lowest BCUT2D eigenvalue weighted by Gasteiger charge is -2.06. The molecule has 0 saturated heterocycles. The van der Waals surface area contributed by atoms with Crippen molar-refractivity contribution in [3.8, 4) is 28.3 Å². The molecule has 4 aromatic carbocycles. The average molecular weight is 441 g/mol. The predicted octanol–water partition coefficient (Wildman–Crippen LogP) is 8.39. The van der Waals surface area contributed by atoms with Crippen LogP contribution >= 0.6 is 11.3 Å². The fourth-order valence-electron chi connectivity index (χ4n) is 4.01. The molecule has 156 valence electrons. The van der Waals surface area contributed by atoms with E-state index in [4.69, 9.17) is 10.7 Å². The molecule has 0 amide bonds. The van der Waals surface area contributed by atoms with Gasteiger partial charge in [0.15, 0.2) is 0 Å². The van der Waals surface area contributed by atoms with Gasteiger partial charge in [-0.15, -0.1) is 11.3 Å². The van der Waals surface area contributed by atoms with Crippen LogP contribution in [-0.2, 0) is 0 Å². The van der Waals surface area contributed by atoms with Crippen LogP contribution in [0.3, 0.4) is 0 Å². The van der Waals surface area contributed by atoms with E-state index < -0.39 is 0 Å². The Balaban J connectivity index is 1.54. The third-order valence-electron chi connectivity index (χ3n) is 5.74. The minimum absolute atomic E-state index is 0.296. The van der Waals surface area contributed by atoms with Crippen LogP contribution in [0.5, 0.6) is 0 Å². The predicted molar refractivity (Wildman–Crippen MR) is 141 cm³/mol. The molecule has 0 saturated carbocycles. The maximum absolute atomic E-state index is 9.11. The Hall–Kier alpha value is -4.26. The zero-order chi connectivity index (χ0) is 22.8. The van der Waals surface area contributed by atoms with E-state index in [1.165, 1.54) is 37.4 Å². The van der Waals surface area contributed by atoms with Crippen LogP contribution in [-0.4, -0.2) is 5.71 Å². The standard InChI is InChI=1S/C30H20N2S/c1-2-20(19-31)15-28(32)25-10-6-9-22(16-25)24-12-14-27-26-13-11-23(21-7-4-3-5-8-21)17-29(26)33-30(27)18-24/h2-18,32H,1H2/b20-15+,32-28?. The molecule has 0 unspecified atom stereocenters. The largest absolute Gasteiger partial charge is 0.300 e. The second kappa shape index (κ2) is 8.70. The number of hydrogen-bond acceptors (Lipinski definition) is 3. The molecule has 0 spiro atoms. The van der Waals surface area contributed by atoms with Crippen molar-refractivity contribution in [2.24, 2.45) is 0 Å². The Bertz CT molecular complexity index is 1600. The minimum Gasteiger partial charge on any atom is -0.300 e. The third kappa shape index (κ3) is 4.01. The number of nitriles is 1. The molecule has 2 nitrogen and oxygen atoms in total. The lowest BCUT2D eigenvalue weighted by molar-refractivity contribution is 1.47. The van der Waals surface area contributed by atoms with E-state index >= 15 is 0 Å². The van der Waals surface area contributed by atoms with Gasteiger partial charge in [-0.2, -0.15) is 5.26 Å². The summed E-state index contributed by atoms with van der Waals surface area (Å²) in [6.45, 7) is 3.63. The molecule has 0 aliphatic rings. The summed E-state index contributed by atoms with van der Waals surface area (Å²) in [4.78, 5) is 0. The van der Waals surface area contributed by atoms with Crippen molar-refractivity contribution in [1.29, 1.82) is 10.7 Å². The third-order valence-corrected chi connectivity index (χ3v) is 6.85. The van der Waals surface area contributed by atoms with Crippen molar-refractivity contribution in [3.05, 3.63) is 121 Å². The Morgan fingerprint density at radius 2 is 1.36 bits per heavy atom. The van der Waals surface area contributed by atoms with Crippen LogP contribution in [0, 0.1) is 16.7 Å². The molecule has 5 rings (SSSR count). The van der Waals surface area contributed by atoms with Gasteiger partial charge in [0.2, 0.25) is 0 Å². The van der Waals surface area contributed by atoms with Crippen LogP contribution in [0.25, 0.3) is 42.4 Å². The molecule has 0 radical (unpaired) electrons. The monoisotopic (exact) mass is 440 g/mol. The molecule has 0 aliphatic heterocycles. The highest BCUT2D eigenvalue weighted by atomic mass is 32.1. The molecule has 0 aliphatic carbocycles. The normalized spacial score (nSPS) is 11.4. The number of nitrogens with zero attached hydrogens (tertiary/aromatic N) is 1. The van der Waals surface area contributed by atoms with Gasteiger partial charge in [0, 0.05) is 25.7 Å². The first-order chi connectivity index (χ1) is 16.2. The summed E-state index contributed by atoms with van der Waals surface area (Å²) in [5.41, 5.74) is 6.06. The van der Waals surface area contributed by atoms with E-state index in [1.807, 2.05) is 30.3 Å². The maximum atomic E-state index is 9.11. The maximum Gasteiger partial charge on any atom is 0.0992 e. The first-order valence-electron chi connectivity index (χ1n) is 10.6. The Morgan fingerprint density at radius 3 is 2.00 bits per heavy atom. The molecule has 1 heterocycles. The number of allylic oxidation sites excluding steroid dienone is 3. The van der Waals surface area contributed by atoms with Crippen molar-refractivity contribution >= 4 is 37.2 Å². The molecular formula is C30H20N2S. The van der Waals surface area contributed by atoms with Gasteiger partial charge in [0.1, 0.15) is 0 Å². The van der Waals surface area contributed by atoms with E-state index in [0.29, 0.717) is 11.3 Å². The fourth-order valence-corrected chi connectivity index (χ4v) is 5.19. The van der Waals surface area contributed by atoms with Gasteiger partial charge in [-0.05, 0) is 46.5 Å². The first kappa shape index (κ1) is 20.6. The van der Waals surface area contributed by atoms with Crippen molar-refractivity contribution in [1.82, 2.24) is 0 Å². The second-order valence-electron chi connectivity index (χ2n) is 7.80. The molecule has 3 heteroatoms. The molecule has 0 fully saturated rings. The van der Waals surface area contributed by atoms with Crippen molar-refractivity contribution in [2.75, 3.05) is 0 Å². The molecule has 1 N–H and O–H groups in total. The second-order valence-corrected chi connectivity index (χ2v) is 8.88. The summed E-state index contributed by atoms with van der Waals surface area (Å²) >= 11 is 1.81. The minimum atomic E-state index is 0.296. The SMILES string of the molecule is C=C/C(C#N)=C\C(=N)c1cccc(-c2ccc3c(c2)sc2cc(-c4ccccc4)ccc23)c1. The summed E-state index contributed by atoms with van der Waals surface area (Å²) in [6, 6.07) is 33.7. The first-order valence-corrected chi connectivity index (χ1v) is 11.4. The number of nitrogens with one attached hydrogen (secondary N) is 1. The molecule has 0 atom stereocenters. The zero-order valence-corrected chi connectivity index (χ0v) is 18.7. The fraction of sp³-hybridized carbons (Fsp3) is 0. The van der Waals surface area contributed by atoms with Crippen molar-refractivity contribution in [2.45, 2.75) is 0 Å². The van der Waals surface area contributed by atoms with Gasteiger partial charge in [-0.1, -0.05) is 85.5 Å². The van der Waals surface area contributed by atoms with Crippen LogP contribution in [0.1, 0.15) is 5.56 Å². The van der Waals surface area contributed by atoms with Gasteiger partial charge in [-0.3, -0.25) is 0 Å². The lowest BCUT2D eigenvalue weighted by atomic mass is 9.99. The number of hydrogen-bond donors (Lipinski definition) is 1. The van der Waals surface area contributed by atoms with Crippen molar-refractivity contribution in [3.63, 3.8) is 0 Å². The van der Waals surface area contributed by atoms with Crippen LogP contribution in [0.15, 0.2) is 115 Å². The van der Waals surface area contributed by atoms with Gasteiger partial charge in [-0.25, -0.2) is 0 Å². The van der Waals surface area contributed by atoms with E-state index in [9.17, 15) is 0 Å². The van der Waals surface area contributed by atoms with E-state index in [1.54, 1.807) is 17.4 Å². The highest BCUT2D eigenvalue weighted by molar-refractivity contribution is 7.25. The van der Waals surface area contributed by atoms with Gasteiger partial charge < -0.3 is 5.41 Å². The Labute approximate surface area is 196 Å². The van der Waals surface area contributed by atoms with E-state index in [0.717, 1.165) is 16.7 Å². The smallest absolute Gasteiger partial charge is 0.0992 e. The Morgan fingerprint density at radius 1 is 0.758 bits per heavy atom. The summed E-state index contributed by atoms with van der Waals surface area (Å²) < 4.78 is 2.52. The topological polar surface area (TPSA) is 47.6 Å². The van der Waals surface area contributed by atoms with Crippen LogP contribution in [0.2, 0.25) is 0 Å². The van der Waals surface area contributed by atoms with Crippen molar-refractivity contribution < 1.29 is 0 Å². The molecule has 0 bridgehead atoms. The lowest BCUT2D eigenvalue weighted by Crippen LogP contribution is -1.96. The Kier molecular flexibility index (Phi) is 5.44. The summed E-state index contributed by atoms with van der Waals surface area (Å²) in [5.74, 6) is 0. The number of rotatable bonds is 5. The highest BCUT2D eigenvalue weighted by Crippen LogP contribution is 2.38. The quantitative estimate of drug-likeness (QED) is 0.166. The molecular weight excluding hydrogens is 420 g/mol.